The second-order valence-electron chi connectivity index (χ2n) is 10.5. The molecule has 1 aliphatic rings. The SMILES string of the molecule is Cc1ccnc(-n2c(C)cc([C@H]3[C@@H](c4ccccn4)NC(=S)N3CCC(=O)Nc3cccc4ccccc34)c2C)c1. The second kappa shape index (κ2) is 11.1. The van der Waals surface area contributed by atoms with Crippen LogP contribution in [0.4, 0.5) is 5.69 Å². The number of thiocarbonyl (C=S) groups is 1. The van der Waals surface area contributed by atoms with Gasteiger partial charge in [0.1, 0.15) is 5.82 Å². The zero-order valence-corrected chi connectivity index (χ0v) is 24.2. The smallest absolute Gasteiger partial charge is 0.226 e. The third-order valence-electron chi connectivity index (χ3n) is 7.76. The summed E-state index contributed by atoms with van der Waals surface area (Å²) in [6, 6.07) is 25.9. The van der Waals surface area contributed by atoms with E-state index in [0.717, 1.165) is 50.5 Å². The van der Waals surface area contributed by atoms with Gasteiger partial charge in [0.2, 0.25) is 5.91 Å². The zero-order chi connectivity index (χ0) is 28.5. The van der Waals surface area contributed by atoms with Crippen molar-refractivity contribution in [2.24, 2.45) is 0 Å². The third kappa shape index (κ3) is 5.18. The zero-order valence-electron chi connectivity index (χ0n) is 23.3. The second-order valence-corrected chi connectivity index (χ2v) is 10.9. The molecule has 0 bridgehead atoms. The van der Waals surface area contributed by atoms with Crippen LogP contribution in [0.2, 0.25) is 0 Å². The van der Waals surface area contributed by atoms with Gasteiger partial charge in [-0.15, -0.1) is 0 Å². The lowest BCUT2D eigenvalue weighted by Gasteiger charge is -2.28. The molecule has 7 nitrogen and oxygen atoms in total. The van der Waals surface area contributed by atoms with Crippen LogP contribution in [0.25, 0.3) is 16.6 Å². The average Bonchev–Trinajstić information content (AvgIpc) is 3.46. The summed E-state index contributed by atoms with van der Waals surface area (Å²) in [5, 5.41) is 9.35. The minimum Gasteiger partial charge on any atom is -0.352 e. The number of amides is 1. The van der Waals surface area contributed by atoms with Gasteiger partial charge in [-0.3, -0.25) is 9.78 Å². The van der Waals surface area contributed by atoms with Crippen molar-refractivity contribution in [2.75, 3.05) is 11.9 Å². The van der Waals surface area contributed by atoms with Crippen molar-refractivity contribution >= 4 is 39.7 Å². The van der Waals surface area contributed by atoms with Gasteiger partial charge in [0.15, 0.2) is 5.11 Å². The van der Waals surface area contributed by atoms with Crippen LogP contribution < -0.4 is 10.6 Å². The summed E-state index contributed by atoms with van der Waals surface area (Å²) in [4.78, 5) is 24.7. The molecule has 4 heterocycles. The molecule has 1 aliphatic heterocycles. The van der Waals surface area contributed by atoms with Gasteiger partial charge < -0.3 is 20.1 Å². The van der Waals surface area contributed by atoms with Gasteiger partial charge >= 0.3 is 0 Å². The number of aromatic nitrogens is 3. The van der Waals surface area contributed by atoms with Crippen molar-refractivity contribution in [3.8, 4) is 5.82 Å². The van der Waals surface area contributed by atoms with E-state index >= 15 is 0 Å². The first-order chi connectivity index (χ1) is 19.9. The van der Waals surface area contributed by atoms with Crippen molar-refractivity contribution in [1.82, 2.24) is 24.8 Å². The van der Waals surface area contributed by atoms with Crippen LogP contribution >= 0.6 is 12.2 Å². The fourth-order valence-electron chi connectivity index (χ4n) is 5.84. The van der Waals surface area contributed by atoms with Crippen molar-refractivity contribution in [3.05, 3.63) is 119 Å². The summed E-state index contributed by atoms with van der Waals surface area (Å²) in [5.41, 5.74) is 6.17. The number of anilines is 1. The molecule has 1 amide bonds. The van der Waals surface area contributed by atoms with Gasteiger partial charge in [-0.05, 0) is 85.9 Å². The molecule has 0 saturated carbocycles. The van der Waals surface area contributed by atoms with E-state index in [-0.39, 0.29) is 24.4 Å². The molecule has 1 fully saturated rings. The lowest BCUT2D eigenvalue weighted by atomic mass is 9.96. The average molecular weight is 561 g/mol. The minimum absolute atomic E-state index is 0.0568. The number of benzene rings is 2. The fraction of sp³-hybridized carbons (Fsp3) is 0.212. The molecular formula is C33H32N6OS. The van der Waals surface area contributed by atoms with Crippen LogP contribution in [-0.2, 0) is 4.79 Å². The van der Waals surface area contributed by atoms with Crippen molar-refractivity contribution in [2.45, 2.75) is 39.3 Å². The number of hydrogen-bond donors (Lipinski definition) is 2. The summed E-state index contributed by atoms with van der Waals surface area (Å²) in [6.45, 7) is 6.75. The molecule has 0 unspecified atom stereocenters. The van der Waals surface area contributed by atoms with Crippen LogP contribution in [0.5, 0.6) is 0 Å². The fourth-order valence-corrected chi connectivity index (χ4v) is 6.17. The predicted molar refractivity (Wildman–Crippen MR) is 167 cm³/mol. The maximum Gasteiger partial charge on any atom is 0.226 e. The standard InChI is InChI=1S/C33H32N6OS/c1-21-14-17-35-29(19-21)39-22(2)20-26(23(39)3)32-31(28-12-6-7-16-34-28)37-33(41)38(32)18-15-30(40)36-27-13-8-10-24-9-4-5-11-25(24)27/h4-14,16-17,19-20,31-32H,15,18H2,1-3H3,(H,36,40)(H,37,41)/t31-,32+/m1/s1. The Balaban J connectivity index is 1.31. The maximum absolute atomic E-state index is 13.2. The molecule has 5 aromatic rings. The number of nitrogens with zero attached hydrogens (tertiary/aromatic N) is 4. The summed E-state index contributed by atoms with van der Waals surface area (Å²) in [5.74, 6) is 0.828. The Morgan fingerprint density at radius 1 is 0.951 bits per heavy atom. The molecule has 2 N–H and O–H groups in total. The minimum atomic E-state index is -0.163. The number of fused-ring (bicyclic) bond motifs is 1. The molecule has 2 atom stereocenters. The molecule has 2 aromatic carbocycles. The predicted octanol–water partition coefficient (Wildman–Crippen LogP) is 6.35. The number of nitrogens with one attached hydrogen (secondary N) is 2. The molecule has 3 aromatic heterocycles. The van der Waals surface area contributed by atoms with Gasteiger partial charge in [0.05, 0.1) is 17.8 Å². The molecule has 1 saturated heterocycles. The summed E-state index contributed by atoms with van der Waals surface area (Å²) in [6.07, 6.45) is 3.93. The van der Waals surface area contributed by atoms with Gasteiger partial charge in [0.25, 0.3) is 0 Å². The monoisotopic (exact) mass is 560 g/mol. The number of rotatable bonds is 7. The molecule has 0 spiro atoms. The highest BCUT2D eigenvalue weighted by Crippen LogP contribution is 2.41. The molecule has 206 valence electrons. The van der Waals surface area contributed by atoms with Crippen molar-refractivity contribution in [3.63, 3.8) is 0 Å². The number of hydrogen-bond acceptors (Lipinski definition) is 4. The normalized spacial score (nSPS) is 16.7. The highest BCUT2D eigenvalue weighted by Gasteiger charge is 2.41. The quantitative estimate of drug-likeness (QED) is 0.226. The van der Waals surface area contributed by atoms with Gasteiger partial charge in [-0.2, -0.15) is 0 Å². The Morgan fingerprint density at radius 3 is 2.56 bits per heavy atom. The van der Waals surface area contributed by atoms with Crippen LogP contribution in [0.3, 0.4) is 0 Å². The summed E-state index contributed by atoms with van der Waals surface area (Å²) in [7, 11) is 0. The molecule has 0 radical (unpaired) electrons. The topological polar surface area (TPSA) is 75.1 Å². The lowest BCUT2D eigenvalue weighted by Crippen LogP contribution is -2.33. The van der Waals surface area contributed by atoms with Crippen LogP contribution in [-0.4, -0.2) is 37.0 Å². The number of aryl methyl sites for hydroxylation is 2. The Kier molecular flexibility index (Phi) is 7.24. The van der Waals surface area contributed by atoms with Crippen molar-refractivity contribution < 1.29 is 4.79 Å². The van der Waals surface area contributed by atoms with E-state index in [9.17, 15) is 4.79 Å². The van der Waals surface area contributed by atoms with E-state index in [1.54, 1.807) is 6.20 Å². The number of carbonyl (C=O) groups is 1. The Bertz CT molecular complexity index is 1740. The van der Waals surface area contributed by atoms with Crippen molar-refractivity contribution in [1.29, 1.82) is 0 Å². The van der Waals surface area contributed by atoms with E-state index in [1.807, 2.05) is 72.9 Å². The van der Waals surface area contributed by atoms with E-state index in [4.69, 9.17) is 12.2 Å². The van der Waals surface area contributed by atoms with Crippen LogP contribution in [0.1, 0.15) is 46.7 Å². The van der Waals surface area contributed by atoms with E-state index < -0.39 is 0 Å². The summed E-state index contributed by atoms with van der Waals surface area (Å²) < 4.78 is 2.19. The largest absolute Gasteiger partial charge is 0.352 e. The highest BCUT2D eigenvalue weighted by atomic mass is 32.1. The molecule has 41 heavy (non-hydrogen) atoms. The van der Waals surface area contributed by atoms with E-state index in [1.165, 1.54) is 0 Å². The van der Waals surface area contributed by atoms with E-state index in [2.05, 4.69) is 63.0 Å². The first-order valence-electron chi connectivity index (χ1n) is 13.8. The van der Waals surface area contributed by atoms with Gasteiger partial charge in [-0.1, -0.05) is 42.5 Å². The van der Waals surface area contributed by atoms with Crippen LogP contribution in [0, 0.1) is 20.8 Å². The Hall–Kier alpha value is -4.56. The molecule has 0 aliphatic carbocycles. The first kappa shape index (κ1) is 26.7. The first-order valence-corrected chi connectivity index (χ1v) is 14.2. The van der Waals surface area contributed by atoms with Gasteiger partial charge in [0, 0.05) is 47.8 Å². The summed E-state index contributed by atoms with van der Waals surface area (Å²) >= 11 is 5.87. The third-order valence-corrected chi connectivity index (χ3v) is 8.11. The lowest BCUT2D eigenvalue weighted by molar-refractivity contribution is -0.116. The van der Waals surface area contributed by atoms with Crippen LogP contribution in [0.15, 0.2) is 91.3 Å². The number of pyridine rings is 2. The number of carbonyl (C=O) groups excluding carboxylic acids is 1. The molecule has 8 heteroatoms. The Morgan fingerprint density at radius 2 is 1.76 bits per heavy atom. The molecular weight excluding hydrogens is 528 g/mol. The Labute approximate surface area is 245 Å². The highest BCUT2D eigenvalue weighted by molar-refractivity contribution is 7.80. The van der Waals surface area contributed by atoms with E-state index in [0.29, 0.717) is 11.7 Å². The van der Waals surface area contributed by atoms with Gasteiger partial charge in [-0.25, -0.2) is 4.98 Å². The molecule has 6 rings (SSSR count). The maximum atomic E-state index is 13.2.